The molecule has 1 N–H and O–H groups in total. The Kier molecular flexibility index (Phi) is 3.46. The zero-order valence-electron chi connectivity index (χ0n) is 9.61. The lowest BCUT2D eigenvalue weighted by Gasteiger charge is -2.32. The Bertz CT molecular complexity index is 343. The Labute approximate surface area is 96.0 Å². The normalized spacial score (nSPS) is 19.4. The number of hydrogen-bond donors (Lipinski definition) is 1. The maximum Gasteiger partial charge on any atom is 0.122 e. The van der Waals surface area contributed by atoms with Gasteiger partial charge >= 0.3 is 0 Å². The predicted octanol–water partition coefficient (Wildman–Crippen LogP) is 1.78. The molecule has 0 aliphatic carbocycles. The van der Waals surface area contributed by atoms with E-state index < -0.39 is 5.60 Å². The van der Waals surface area contributed by atoms with Crippen molar-refractivity contribution < 1.29 is 14.6 Å². The first-order valence-electron chi connectivity index (χ1n) is 5.65. The van der Waals surface area contributed by atoms with Crippen LogP contribution < -0.4 is 4.74 Å². The number of benzene rings is 1. The van der Waals surface area contributed by atoms with Crippen molar-refractivity contribution >= 4 is 0 Å². The maximum atomic E-state index is 10.4. The number of rotatable bonds is 3. The standard InChI is InChI=1S/C13H18O3/c1-15-12-5-3-2-4-11(12)10-13(14)6-8-16-9-7-13/h2-5,14H,6-10H2,1H3. The highest BCUT2D eigenvalue weighted by Gasteiger charge is 2.30. The van der Waals surface area contributed by atoms with Crippen molar-refractivity contribution in [3.63, 3.8) is 0 Å². The average molecular weight is 222 g/mol. The van der Waals surface area contributed by atoms with Gasteiger partial charge in [-0.1, -0.05) is 18.2 Å². The molecule has 3 heteroatoms. The molecule has 88 valence electrons. The monoisotopic (exact) mass is 222 g/mol. The number of aliphatic hydroxyl groups is 1. The molecule has 2 rings (SSSR count). The van der Waals surface area contributed by atoms with E-state index in [1.165, 1.54) is 0 Å². The quantitative estimate of drug-likeness (QED) is 0.847. The fourth-order valence-corrected chi connectivity index (χ4v) is 2.13. The van der Waals surface area contributed by atoms with Crippen molar-refractivity contribution in [2.45, 2.75) is 24.9 Å². The Morgan fingerprint density at radius 3 is 2.69 bits per heavy atom. The summed E-state index contributed by atoms with van der Waals surface area (Å²) in [5.41, 5.74) is 0.432. The molecule has 1 fully saturated rings. The highest BCUT2D eigenvalue weighted by molar-refractivity contribution is 5.34. The summed E-state index contributed by atoms with van der Waals surface area (Å²) in [6, 6.07) is 7.85. The van der Waals surface area contributed by atoms with E-state index in [1.54, 1.807) is 7.11 Å². The number of para-hydroxylation sites is 1. The minimum Gasteiger partial charge on any atom is -0.496 e. The molecule has 0 unspecified atom stereocenters. The second-order valence-electron chi connectivity index (χ2n) is 4.33. The third kappa shape index (κ3) is 2.54. The van der Waals surface area contributed by atoms with Crippen LogP contribution in [0.25, 0.3) is 0 Å². The third-order valence-corrected chi connectivity index (χ3v) is 3.14. The Morgan fingerprint density at radius 2 is 2.00 bits per heavy atom. The molecule has 16 heavy (non-hydrogen) atoms. The van der Waals surface area contributed by atoms with Crippen LogP contribution in [0.2, 0.25) is 0 Å². The molecule has 0 saturated carbocycles. The number of methoxy groups -OCH3 is 1. The average Bonchev–Trinajstić information content (AvgIpc) is 2.30. The molecule has 0 radical (unpaired) electrons. The molecule has 1 aromatic carbocycles. The van der Waals surface area contributed by atoms with Gasteiger partial charge in [0.1, 0.15) is 5.75 Å². The van der Waals surface area contributed by atoms with E-state index in [-0.39, 0.29) is 0 Å². The highest BCUT2D eigenvalue weighted by atomic mass is 16.5. The summed E-state index contributed by atoms with van der Waals surface area (Å²) in [6.45, 7) is 1.29. The second-order valence-corrected chi connectivity index (χ2v) is 4.33. The fourth-order valence-electron chi connectivity index (χ4n) is 2.13. The molecule has 0 spiro atoms. The first kappa shape index (κ1) is 11.4. The molecule has 0 aromatic heterocycles. The van der Waals surface area contributed by atoms with E-state index in [4.69, 9.17) is 9.47 Å². The summed E-state index contributed by atoms with van der Waals surface area (Å²) in [5, 5.41) is 10.4. The predicted molar refractivity (Wildman–Crippen MR) is 61.7 cm³/mol. The van der Waals surface area contributed by atoms with Crippen molar-refractivity contribution in [1.82, 2.24) is 0 Å². The smallest absolute Gasteiger partial charge is 0.122 e. The lowest BCUT2D eigenvalue weighted by molar-refractivity contribution is -0.0628. The largest absolute Gasteiger partial charge is 0.496 e. The van der Waals surface area contributed by atoms with E-state index in [1.807, 2.05) is 24.3 Å². The van der Waals surface area contributed by atoms with Gasteiger partial charge in [-0.3, -0.25) is 0 Å². The molecular weight excluding hydrogens is 204 g/mol. The van der Waals surface area contributed by atoms with Crippen LogP contribution in [0.4, 0.5) is 0 Å². The van der Waals surface area contributed by atoms with E-state index in [0.717, 1.165) is 11.3 Å². The van der Waals surface area contributed by atoms with Gasteiger partial charge in [0.05, 0.1) is 12.7 Å². The first-order chi connectivity index (χ1) is 7.73. The summed E-state index contributed by atoms with van der Waals surface area (Å²) in [5.74, 6) is 0.849. The lowest BCUT2D eigenvalue weighted by Crippen LogP contribution is -2.38. The zero-order valence-corrected chi connectivity index (χ0v) is 9.61. The molecule has 1 aliphatic heterocycles. The molecular formula is C13H18O3. The van der Waals surface area contributed by atoms with E-state index >= 15 is 0 Å². The maximum absolute atomic E-state index is 10.4. The van der Waals surface area contributed by atoms with Gasteiger partial charge in [0.25, 0.3) is 0 Å². The zero-order chi connectivity index (χ0) is 11.4. The fraction of sp³-hybridized carbons (Fsp3) is 0.538. The lowest BCUT2D eigenvalue weighted by atomic mass is 9.87. The molecule has 1 aliphatic rings. The summed E-state index contributed by atoms with van der Waals surface area (Å²) in [6.07, 6.45) is 2.04. The van der Waals surface area contributed by atoms with Crippen LogP contribution in [0.5, 0.6) is 5.75 Å². The van der Waals surface area contributed by atoms with E-state index in [2.05, 4.69) is 0 Å². The van der Waals surface area contributed by atoms with Gasteiger partial charge in [-0.15, -0.1) is 0 Å². The van der Waals surface area contributed by atoms with Gasteiger partial charge < -0.3 is 14.6 Å². The van der Waals surface area contributed by atoms with Crippen LogP contribution >= 0.6 is 0 Å². The SMILES string of the molecule is COc1ccccc1CC1(O)CCOCC1. The molecule has 1 heterocycles. The minimum atomic E-state index is -0.632. The van der Waals surface area contributed by atoms with Crippen molar-refractivity contribution in [3.05, 3.63) is 29.8 Å². The Morgan fingerprint density at radius 1 is 1.31 bits per heavy atom. The first-order valence-corrected chi connectivity index (χ1v) is 5.65. The molecule has 1 aromatic rings. The third-order valence-electron chi connectivity index (χ3n) is 3.14. The van der Waals surface area contributed by atoms with Crippen LogP contribution in [0.15, 0.2) is 24.3 Å². The van der Waals surface area contributed by atoms with Crippen LogP contribution in [-0.4, -0.2) is 31.0 Å². The molecule has 1 saturated heterocycles. The summed E-state index contributed by atoms with van der Waals surface area (Å²) in [7, 11) is 1.66. The van der Waals surface area contributed by atoms with Gasteiger partial charge in [-0.2, -0.15) is 0 Å². The van der Waals surface area contributed by atoms with Crippen molar-refractivity contribution in [1.29, 1.82) is 0 Å². The van der Waals surface area contributed by atoms with Gasteiger partial charge in [0, 0.05) is 19.6 Å². The summed E-state index contributed by atoms with van der Waals surface area (Å²) < 4.78 is 10.6. The highest BCUT2D eigenvalue weighted by Crippen LogP contribution is 2.29. The van der Waals surface area contributed by atoms with Crippen LogP contribution in [0.1, 0.15) is 18.4 Å². The second kappa shape index (κ2) is 4.85. The van der Waals surface area contributed by atoms with Gasteiger partial charge in [0.15, 0.2) is 0 Å². The number of ether oxygens (including phenoxy) is 2. The molecule has 0 bridgehead atoms. The molecule has 0 atom stereocenters. The molecule has 0 amide bonds. The number of hydrogen-bond acceptors (Lipinski definition) is 3. The van der Waals surface area contributed by atoms with E-state index in [0.29, 0.717) is 32.5 Å². The summed E-state index contributed by atoms with van der Waals surface area (Å²) >= 11 is 0. The van der Waals surface area contributed by atoms with Crippen molar-refractivity contribution in [2.75, 3.05) is 20.3 Å². The summed E-state index contributed by atoms with van der Waals surface area (Å²) in [4.78, 5) is 0. The van der Waals surface area contributed by atoms with Crippen LogP contribution in [-0.2, 0) is 11.2 Å². The Hall–Kier alpha value is -1.06. The van der Waals surface area contributed by atoms with Crippen LogP contribution in [0, 0.1) is 0 Å². The minimum absolute atomic E-state index is 0.632. The van der Waals surface area contributed by atoms with Crippen LogP contribution in [0.3, 0.4) is 0 Å². The Balaban J connectivity index is 2.12. The van der Waals surface area contributed by atoms with Gasteiger partial charge in [0.2, 0.25) is 0 Å². The molecule has 3 nitrogen and oxygen atoms in total. The van der Waals surface area contributed by atoms with Crippen molar-refractivity contribution in [2.24, 2.45) is 0 Å². The topological polar surface area (TPSA) is 38.7 Å². The van der Waals surface area contributed by atoms with Crippen molar-refractivity contribution in [3.8, 4) is 5.75 Å². The van der Waals surface area contributed by atoms with E-state index in [9.17, 15) is 5.11 Å². The van der Waals surface area contributed by atoms with Gasteiger partial charge in [-0.05, 0) is 24.5 Å². The van der Waals surface area contributed by atoms with Gasteiger partial charge in [-0.25, -0.2) is 0 Å².